The fraction of sp³-hybridized carbons (Fsp3) is 0.133. The van der Waals surface area contributed by atoms with E-state index in [-0.39, 0.29) is 11.6 Å². The fourth-order valence-electron chi connectivity index (χ4n) is 1.90. The van der Waals surface area contributed by atoms with Crippen molar-refractivity contribution in [1.82, 2.24) is 0 Å². The van der Waals surface area contributed by atoms with Gasteiger partial charge in [-0.2, -0.15) is 0 Å². The van der Waals surface area contributed by atoms with Gasteiger partial charge in [-0.05, 0) is 24.1 Å². The molecule has 0 aliphatic carbocycles. The minimum absolute atomic E-state index is 0.0986. The first-order chi connectivity index (χ1) is 9.87. The van der Waals surface area contributed by atoms with E-state index in [0.29, 0.717) is 16.8 Å². The van der Waals surface area contributed by atoms with Crippen molar-refractivity contribution in [3.05, 3.63) is 65.2 Å². The van der Waals surface area contributed by atoms with Crippen LogP contribution in [-0.2, 0) is 15.8 Å². The molecule has 2 rings (SSSR count). The molecule has 110 valence electrons. The molecule has 4 N–H and O–H groups in total. The Balaban J connectivity index is 2.24. The van der Waals surface area contributed by atoms with Gasteiger partial charge < -0.3 is 5.73 Å². The van der Waals surface area contributed by atoms with Crippen LogP contribution in [0.4, 0.5) is 5.69 Å². The van der Waals surface area contributed by atoms with E-state index in [1.165, 1.54) is 0 Å². The van der Waals surface area contributed by atoms with Gasteiger partial charge in [0.1, 0.15) is 5.84 Å². The Bertz CT molecular complexity index is 756. The van der Waals surface area contributed by atoms with Crippen LogP contribution in [0.15, 0.2) is 48.5 Å². The molecule has 0 amide bonds. The van der Waals surface area contributed by atoms with Crippen molar-refractivity contribution < 1.29 is 8.42 Å². The number of hydrogen-bond acceptors (Lipinski definition) is 3. The van der Waals surface area contributed by atoms with E-state index in [2.05, 4.69) is 4.72 Å². The third kappa shape index (κ3) is 4.06. The summed E-state index contributed by atoms with van der Waals surface area (Å²) < 4.78 is 27.0. The van der Waals surface area contributed by atoms with E-state index in [1.807, 2.05) is 6.07 Å². The Kier molecular flexibility index (Phi) is 4.28. The third-order valence-electron chi connectivity index (χ3n) is 3.01. The van der Waals surface area contributed by atoms with Crippen LogP contribution in [0, 0.1) is 12.3 Å². The van der Waals surface area contributed by atoms with E-state index < -0.39 is 10.0 Å². The van der Waals surface area contributed by atoms with Gasteiger partial charge in [-0.15, -0.1) is 0 Å². The highest BCUT2D eigenvalue weighted by Gasteiger charge is 2.13. The van der Waals surface area contributed by atoms with Crippen molar-refractivity contribution >= 4 is 21.5 Å². The lowest BCUT2D eigenvalue weighted by atomic mass is 10.1. The molecule has 2 aromatic carbocycles. The zero-order valence-electron chi connectivity index (χ0n) is 11.6. The van der Waals surface area contributed by atoms with E-state index in [1.54, 1.807) is 49.4 Å². The minimum Gasteiger partial charge on any atom is -0.384 e. The summed E-state index contributed by atoms with van der Waals surface area (Å²) in [5.74, 6) is -0.198. The molecule has 0 bridgehead atoms. The molecule has 0 fully saturated rings. The van der Waals surface area contributed by atoms with Gasteiger partial charge >= 0.3 is 0 Å². The Labute approximate surface area is 124 Å². The molecule has 0 unspecified atom stereocenters. The topological polar surface area (TPSA) is 96.0 Å². The average molecular weight is 303 g/mol. The molecule has 0 aliphatic rings. The number of hydrogen-bond donors (Lipinski definition) is 3. The molecule has 0 atom stereocenters. The maximum absolute atomic E-state index is 12.2. The number of benzene rings is 2. The summed E-state index contributed by atoms with van der Waals surface area (Å²) in [4.78, 5) is 0. The van der Waals surface area contributed by atoms with Crippen LogP contribution in [-0.4, -0.2) is 14.3 Å². The highest BCUT2D eigenvalue weighted by molar-refractivity contribution is 7.91. The smallest absolute Gasteiger partial charge is 0.236 e. The van der Waals surface area contributed by atoms with Gasteiger partial charge in [0.05, 0.1) is 11.4 Å². The summed E-state index contributed by atoms with van der Waals surface area (Å²) in [6, 6.07) is 13.9. The van der Waals surface area contributed by atoms with Crippen LogP contribution < -0.4 is 10.5 Å². The third-order valence-corrected chi connectivity index (χ3v) is 4.26. The lowest BCUT2D eigenvalue weighted by molar-refractivity contribution is 0.600. The molecule has 6 heteroatoms. The number of aryl methyl sites for hydroxylation is 1. The lowest BCUT2D eigenvalue weighted by Gasteiger charge is -2.12. The number of anilines is 1. The largest absolute Gasteiger partial charge is 0.384 e. The Morgan fingerprint density at radius 3 is 2.48 bits per heavy atom. The fourth-order valence-corrected chi connectivity index (χ4v) is 3.16. The van der Waals surface area contributed by atoms with Crippen LogP contribution in [0.3, 0.4) is 0 Å². The molecule has 5 nitrogen and oxygen atoms in total. The molecule has 21 heavy (non-hydrogen) atoms. The summed E-state index contributed by atoms with van der Waals surface area (Å²) >= 11 is 0. The van der Waals surface area contributed by atoms with Crippen LogP contribution in [0.25, 0.3) is 0 Å². The van der Waals surface area contributed by atoms with E-state index in [4.69, 9.17) is 11.1 Å². The van der Waals surface area contributed by atoms with Crippen molar-refractivity contribution in [3.63, 3.8) is 0 Å². The highest BCUT2D eigenvalue weighted by atomic mass is 32.2. The minimum atomic E-state index is -3.51. The first-order valence-electron chi connectivity index (χ1n) is 6.37. The second-order valence-corrected chi connectivity index (χ2v) is 6.51. The van der Waals surface area contributed by atoms with Crippen LogP contribution >= 0.6 is 0 Å². The molecular formula is C15H17N3O2S. The second-order valence-electron chi connectivity index (χ2n) is 4.79. The molecule has 0 radical (unpaired) electrons. The number of nitrogen functional groups attached to an aromatic ring is 1. The van der Waals surface area contributed by atoms with Gasteiger partial charge in [-0.3, -0.25) is 10.1 Å². The van der Waals surface area contributed by atoms with Crippen molar-refractivity contribution in [3.8, 4) is 0 Å². The lowest BCUT2D eigenvalue weighted by Crippen LogP contribution is -2.17. The SMILES string of the molecule is Cc1ccc(C(=N)N)cc1NS(=O)(=O)Cc1ccccc1. The maximum atomic E-state index is 12.2. The maximum Gasteiger partial charge on any atom is 0.236 e. The monoisotopic (exact) mass is 303 g/mol. The molecule has 2 aromatic rings. The predicted octanol–water partition coefficient (Wildman–Crippen LogP) is 2.22. The van der Waals surface area contributed by atoms with Crippen molar-refractivity contribution in [1.29, 1.82) is 5.41 Å². The van der Waals surface area contributed by atoms with Gasteiger partial charge in [-0.1, -0.05) is 42.5 Å². The average Bonchev–Trinajstić information content (AvgIpc) is 2.41. The van der Waals surface area contributed by atoms with E-state index in [0.717, 1.165) is 5.56 Å². The standard InChI is InChI=1S/C15H17N3O2S/c1-11-7-8-13(15(16)17)9-14(11)18-21(19,20)10-12-5-3-2-4-6-12/h2-9,18H,10H2,1H3,(H3,16,17). The molecule has 0 aliphatic heterocycles. The Morgan fingerprint density at radius 2 is 1.86 bits per heavy atom. The normalized spacial score (nSPS) is 11.1. The summed E-state index contributed by atoms with van der Waals surface area (Å²) in [6.45, 7) is 1.80. The van der Waals surface area contributed by atoms with Crippen molar-refractivity contribution in [2.24, 2.45) is 5.73 Å². The highest BCUT2D eigenvalue weighted by Crippen LogP contribution is 2.19. The number of rotatable bonds is 5. The zero-order valence-corrected chi connectivity index (χ0v) is 12.4. The summed E-state index contributed by atoms with van der Waals surface area (Å²) in [7, 11) is -3.51. The van der Waals surface area contributed by atoms with Gasteiger partial charge in [0.15, 0.2) is 0 Å². The predicted molar refractivity (Wildman–Crippen MR) is 84.9 cm³/mol. The summed E-state index contributed by atoms with van der Waals surface area (Å²) in [5, 5.41) is 7.41. The molecule has 0 saturated carbocycles. The van der Waals surface area contributed by atoms with Gasteiger partial charge in [0.2, 0.25) is 10.0 Å². The Hall–Kier alpha value is -2.34. The van der Waals surface area contributed by atoms with Crippen molar-refractivity contribution in [2.75, 3.05) is 4.72 Å². The van der Waals surface area contributed by atoms with Gasteiger partial charge in [-0.25, -0.2) is 8.42 Å². The number of amidine groups is 1. The number of nitrogens with two attached hydrogens (primary N) is 1. The quantitative estimate of drug-likeness (QED) is 0.583. The van der Waals surface area contributed by atoms with Crippen LogP contribution in [0.1, 0.15) is 16.7 Å². The van der Waals surface area contributed by atoms with Crippen molar-refractivity contribution in [2.45, 2.75) is 12.7 Å². The molecule has 0 heterocycles. The number of sulfonamides is 1. The van der Waals surface area contributed by atoms with Crippen LogP contribution in [0.5, 0.6) is 0 Å². The number of nitrogens with one attached hydrogen (secondary N) is 2. The molecule has 0 spiro atoms. The zero-order chi connectivity index (χ0) is 15.5. The summed E-state index contributed by atoms with van der Waals surface area (Å²) in [6.07, 6.45) is 0. The van der Waals surface area contributed by atoms with Gasteiger partial charge in [0, 0.05) is 5.56 Å². The first kappa shape index (κ1) is 15.1. The van der Waals surface area contributed by atoms with E-state index in [9.17, 15) is 8.42 Å². The molecule has 0 saturated heterocycles. The van der Waals surface area contributed by atoms with Gasteiger partial charge in [0.25, 0.3) is 0 Å². The Morgan fingerprint density at radius 1 is 1.19 bits per heavy atom. The van der Waals surface area contributed by atoms with Crippen LogP contribution in [0.2, 0.25) is 0 Å². The second kappa shape index (κ2) is 5.97. The molecular weight excluding hydrogens is 286 g/mol. The summed E-state index contributed by atoms with van der Waals surface area (Å²) in [5.41, 5.74) is 7.84. The molecule has 0 aromatic heterocycles. The first-order valence-corrected chi connectivity index (χ1v) is 8.02. The van der Waals surface area contributed by atoms with E-state index >= 15 is 0 Å².